The van der Waals surface area contributed by atoms with Gasteiger partial charge in [-0.2, -0.15) is 9.64 Å². The Hall–Kier alpha value is -2.39. The van der Waals surface area contributed by atoms with Crippen LogP contribution in [0.2, 0.25) is 0 Å². The van der Waals surface area contributed by atoms with Crippen LogP contribution in [0.25, 0.3) is 0 Å². The highest BCUT2D eigenvalue weighted by Crippen LogP contribution is 2.45. The van der Waals surface area contributed by atoms with Gasteiger partial charge < -0.3 is 9.64 Å². The first-order valence-electron chi connectivity index (χ1n) is 8.46. The maximum atomic E-state index is 9.47. The average molecular weight is 354 g/mol. The highest BCUT2D eigenvalue weighted by Gasteiger charge is 2.31. The zero-order valence-corrected chi connectivity index (χ0v) is 15.9. The van der Waals surface area contributed by atoms with Crippen molar-refractivity contribution in [2.24, 2.45) is 4.99 Å². The van der Waals surface area contributed by atoms with E-state index >= 15 is 0 Å². The van der Waals surface area contributed by atoms with Crippen molar-refractivity contribution >= 4 is 23.6 Å². The number of rotatable bonds is 6. The van der Waals surface area contributed by atoms with Crippen molar-refractivity contribution < 1.29 is 4.74 Å². The molecule has 1 heterocycles. The molecule has 0 unspecified atom stereocenters. The van der Waals surface area contributed by atoms with Gasteiger partial charge in [0.15, 0.2) is 0 Å². The van der Waals surface area contributed by atoms with E-state index in [0.29, 0.717) is 16.5 Å². The molecule has 3 rings (SSSR count). The number of aryl methyl sites for hydroxylation is 2. The van der Waals surface area contributed by atoms with Gasteiger partial charge in [-0.15, -0.1) is 0 Å². The van der Waals surface area contributed by atoms with E-state index < -0.39 is 0 Å². The molecule has 0 N–H and O–H groups in total. The highest BCUT2D eigenvalue weighted by molar-refractivity contribution is 7.08. The van der Waals surface area contributed by atoms with Gasteiger partial charge in [0.1, 0.15) is 17.4 Å². The molecule has 0 bridgehead atoms. The van der Waals surface area contributed by atoms with Crippen LogP contribution in [0.4, 0.5) is 5.69 Å². The van der Waals surface area contributed by atoms with Crippen LogP contribution in [0.1, 0.15) is 48.1 Å². The van der Waals surface area contributed by atoms with Gasteiger partial charge in [0.05, 0.1) is 17.7 Å². The first-order chi connectivity index (χ1) is 12.0. The zero-order valence-electron chi connectivity index (χ0n) is 15.0. The molecule has 1 aliphatic carbocycles. The fourth-order valence-electron chi connectivity index (χ4n) is 2.46. The summed E-state index contributed by atoms with van der Waals surface area (Å²) in [6.45, 7) is 7.00. The van der Waals surface area contributed by atoms with Gasteiger partial charge in [0.25, 0.3) is 0 Å². The van der Waals surface area contributed by atoms with E-state index in [0.717, 1.165) is 47.6 Å². The molecule has 1 fully saturated rings. The Kier molecular flexibility index (Phi) is 5.05. The van der Waals surface area contributed by atoms with Crippen molar-refractivity contribution in [2.45, 2.75) is 39.5 Å². The van der Waals surface area contributed by atoms with E-state index in [2.05, 4.69) is 22.4 Å². The van der Waals surface area contributed by atoms with Gasteiger partial charge in [-0.3, -0.25) is 0 Å². The van der Waals surface area contributed by atoms with Gasteiger partial charge in [-0.25, -0.2) is 4.99 Å². The number of hydrogen-bond acceptors (Lipinski definition) is 5. The molecule has 0 radical (unpaired) electrons. The predicted octanol–water partition coefficient (Wildman–Crippen LogP) is 4.91. The molecule has 1 aromatic carbocycles. The topological polar surface area (TPSA) is 61.5 Å². The minimum absolute atomic E-state index is 0.443. The molecule has 0 saturated heterocycles. The van der Waals surface area contributed by atoms with E-state index in [-0.39, 0.29) is 0 Å². The Labute approximate surface area is 152 Å². The summed E-state index contributed by atoms with van der Waals surface area (Å²) in [5, 5.41) is 10.1. The van der Waals surface area contributed by atoms with Crippen LogP contribution in [0.3, 0.4) is 0 Å². The van der Waals surface area contributed by atoms with Crippen LogP contribution in [0.15, 0.2) is 17.1 Å². The second-order valence-corrected chi connectivity index (χ2v) is 7.18. The Morgan fingerprint density at radius 3 is 2.80 bits per heavy atom. The summed E-state index contributed by atoms with van der Waals surface area (Å²) in [7, 11) is 1.99. The molecule has 0 aliphatic heterocycles. The Morgan fingerprint density at radius 2 is 2.16 bits per heavy atom. The lowest BCUT2D eigenvalue weighted by atomic mass is 10.1. The van der Waals surface area contributed by atoms with Gasteiger partial charge in [-0.1, -0.05) is 0 Å². The second kappa shape index (κ2) is 7.24. The van der Waals surface area contributed by atoms with E-state index in [9.17, 15) is 5.26 Å². The molecule has 0 amide bonds. The molecule has 0 spiro atoms. The molecular weight excluding hydrogens is 332 g/mol. The molecule has 6 heteroatoms. The number of ether oxygens (including phenoxy) is 1. The highest BCUT2D eigenvalue weighted by atomic mass is 32.1. The summed E-state index contributed by atoms with van der Waals surface area (Å²) < 4.78 is 10.5. The lowest BCUT2D eigenvalue weighted by molar-refractivity contribution is 0.490. The zero-order chi connectivity index (χ0) is 18.0. The summed E-state index contributed by atoms with van der Waals surface area (Å²) >= 11 is 1.27. The largest absolute Gasteiger partial charge is 0.443 e. The van der Waals surface area contributed by atoms with Crippen molar-refractivity contribution in [3.8, 4) is 16.9 Å². The Bertz CT molecular complexity index is 846. The number of nitriles is 1. The lowest BCUT2D eigenvalue weighted by Gasteiger charge is -2.12. The monoisotopic (exact) mass is 354 g/mol. The SMILES string of the molecule is CCN(C)C=Nc1cc(C)c(Oc2snc(C3CC3)c2C#N)cc1C. The summed E-state index contributed by atoms with van der Waals surface area (Å²) in [6.07, 6.45) is 4.07. The van der Waals surface area contributed by atoms with Gasteiger partial charge in [-0.05, 0) is 56.9 Å². The minimum Gasteiger partial charge on any atom is -0.443 e. The van der Waals surface area contributed by atoms with Crippen LogP contribution in [-0.2, 0) is 0 Å². The fourth-order valence-corrected chi connectivity index (χ4v) is 3.25. The van der Waals surface area contributed by atoms with E-state index in [1.165, 1.54) is 11.5 Å². The maximum Gasteiger partial charge on any atom is 0.218 e. The second-order valence-electron chi connectivity index (χ2n) is 6.44. The normalized spacial score (nSPS) is 13.9. The Morgan fingerprint density at radius 1 is 1.40 bits per heavy atom. The van der Waals surface area contributed by atoms with E-state index in [1.807, 2.05) is 44.3 Å². The summed E-state index contributed by atoms with van der Waals surface area (Å²) in [6, 6.07) is 6.26. The minimum atomic E-state index is 0.443. The third-order valence-electron chi connectivity index (χ3n) is 4.35. The van der Waals surface area contributed by atoms with Crippen LogP contribution in [0, 0.1) is 25.2 Å². The van der Waals surface area contributed by atoms with Crippen LogP contribution >= 0.6 is 11.5 Å². The standard InChI is InChI=1S/C19H22N4OS/c1-5-23(4)11-21-16-8-13(3)17(9-12(16)2)24-19-15(10-20)18(22-25-19)14-6-7-14/h8-9,11,14H,5-7H2,1-4H3. The van der Waals surface area contributed by atoms with Crippen LogP contribution in [0.5, 0.6) is 10.8 Å². The summed E-state index contributed by atoms with van der Waals surface area (Å²) in [5.41, 5.74) is 4.44. The van der Waals surface area contributed by atoms with Crippen molar-refractivity contribution in [2.75, 3.05) is 13.6 Å². The number of aromatic nitrogens is 1. The van der Waals surface area contributed by atoms with Gasteiger partial charge >= 0.3 is 0 Å². The lowest BCUT2D eigenvalue weighted by Crippen LogP contribution is -2.14. The number of benzene rings is 1. The fraction of sp³-hybridized carbons (Fsp3) is 0.421. The summed E-state index contributed by atoms with van der Waals surface area (Å²) in [5.74, 6) is 1.20. The van der Waals surface area contributed by atoms with E-state index in [4.69, 9.17) is 4.74 Å². The third kappa shape index (κ3) is 3.83. The van der Waals surface area contributed by atoms with Crippen molar-refractivity contribution in [3.63, 3.8) is 0 Å². The molecule has 1 aliphatic rings. The van der Waals surface area contributed by atoms with Crippen LogP contribution < -0.4 is 4.74 Å². The number of hydrogen-bond donors (Lipinski definition) is 0. The molecule has 2 aromatic rings. The van der Waals surface area contributed by atoms with E-state index in [1.54, 1.807) is 0 Å². The predicted molar refractivity (Wildman–Crippen MR) is 101 cm³/mol. The van der Waals surface area contributed by atoms with Crippen molar-refractivity contribution in [1.82, 2.24) is 9.27 Å². The number of nitrogens with zero attached hydrogens (tertiary/aromatic N) is 4. The molecular formula is C19H22N4OS. The molecule has 130 valence electrons. The van der Waals surface area contributed by atoms with Gasteiger partial charge in [0, 0.05) is 31.0 Å². The first kappa shape index (κ1) is 17.4. The van der Waals surface area contributed by atoms with Gasteiger partial charge in [0.2, 0.25) is 5.06 Å². The Balaban J connectivity index is 1.85. The smallest absolute Gasteiger partial charge is 0.218 e. The van der Waals surface area contributed by atoms with Crippen LogP contribution in [-0.4, -0.2) is 29.2 Å². The quantitative estimate of drug-likeness (QED) is 0.546. The maximum absolute atomic E-state index is 9.47. The number of aliphatic imine (C=N–C) groups is 1. The molecule has 1 aromatic heterocycles. The molecule has 1 saturated carbocycles. The van der Waals surface area contributed by atoms with Crippen molar-refractivity contribution in [1.29, 1.82) is 5.26 Å². The summed E-state index contributed by atoms with van der Waals surface area (Å²) in [4.78, 5) is 6.56. The molecule has 25 heavy (non-hydrogen) atoms. The molecule has 0 atom stereocenters. The molecule has 5 nitrogen and oxygen atoms in total. The first-order valence-corrected chi connectivity index (χ1v) is 9.24. The average Bonchev–Trinajstić information content (AvgIpc) is 3.37. The third-order valence-corrected chi connectivity index (χ3v) is 5.09. The van der Waals surface area contributed by atoms with Crippen molar-refractivity contribution in [3.05, 3.63) is 34.5 Å².